The van der Waals surface area contributed by atoms with Gasteiger partial charge in [-0.25, -0.2) is 0 Å². The molecule has 0 aliphatic heterocycles. The Morgan fingerprint density at radius 3 is 0.500 bits per heavy atom. The van der Waals surface area contributed by atoms with Crippen molar-refractivity contribution in [1.29, 1.82) is 11.4 Å². The van der Waals surface area contributed by atoms with Crippen molar-refractivity contribution in [2.75, 3.05) is 0 Å². The Balaban J connectivity index is -0.0000000807. The molecule has 0 amide bonds. The topological polar surface area (TPSA) is 181 Å². The molecule has 0 atom stereocenters. The Kier molecular flexibility index (Phi) is 20.8. The van der Waals surface area contributed by atoms with E-state index in [1.165, 1.54) is 0 Å². The molecule has 0 saturated carbocycles. The van der Waals surface area contributed by atoms with E-state index in [-0.39, 0.29) is 71.3 Å². The van der Waals surface area contributed by atoms with Crippen LogP contribution in [-0.2, 0) is 50.7 Å². The van der Waals surface area contributed by atoms with Crippen LogP contribution in [0.3, 0.4) is 0 Å². The average Bonchev–Trinajstić information content (AvgIpc) is 2.60. The Hall–Kier alpha value is 1.93. The molecule has 0 fully saturated rings. The number of hydrogen-bond donors (Lipinski definition) is 0. The first-order chi connectivity index (χ1) is 19.9. The van der Waals surface area contributed by atoms with Gasteiger partial charge < -0.3 is 72.6 Å². The summed E-state index contributed by atoms with van der Waals surface area (Å²) < 4.78 is 78.3. The van der Waals surface area contributed by atoms with Gasteiger partial charge in [0.1, 0.15) is 0 Å². The Labute approximate surface area is 294 Å². The second-order valence-electron chi connectivity index (χ2n) is 14.3. The molecular weight excluding hydrogens is 582 g/mol. The van der Waals surface area contributed by atoms with Crippen molar-refractivity contribution in [3.63, 3.8) is 0 Å². The average molecular weight is 653 g/mol. The van der Waals surface area contributed by atoms with Gasteiger partial charge in [0.05, 0.1) is 33.6 Å². The molecule has 0 aromatic carbocycles. The molecule has 0 spiro atoms. The summed E-state index contributed by atoms with van der Waals surface area (Å²) >= 11 is 11.0. The molecule has 16 heteroatoms. The van der Waals surface area contributed by atoms with E-state index in [0.717, 1.165) is 0 Å². The summed E-state index contributed by atoms with van der Waals surface area (Å²) in [6.45, 7) is 35.2. The van der Waals surface area contributed by atoms with Crippen LogP contribution in [0.4, 0.5) is 0 Å². The molecule has 0 aliphatic rings. The maximum Gasteiger partial charge on any atom is 1.00 e. The maximum atomic E-state index is 5.89. The fourth-order valence-corrected chi connectivity index (χ4v) is 11.6. The SMILES string of the molecule is CC(C)(C)O[Si]([S-])(OC(C)(C)C)OC(C)(C)C.CC(C)(C)O[Si]([S-])(OC(C)(C)C)OC(C)(C)C.[2H]O[2H].[2H]O[2H].[2H]O[2H].[2H]O[2H].[Li+].[Li+]. The Bertz CT molecular complexity index is 570. The van der Waals surface area contributed by atoms with E-state index in [4.69, 9.17) is 62.2 Å². The van der Waals surface area contributed by atoms with Crippen LogP contribution in [0.15, 0.2) is 0 Å². The Morgan fingerprint density at radius 2 is 0.450 bits per heavy atom. The number of hydrogen-bond acceptors (Lipinski definition) is 8. The molecule has 0 aromatic heterocycles. The van der Waals surface area contributed by atoms with E-state index in [1.54, 1.807) is 0 Å². The zero-order valence-corrected chi connectivity index (χ0v) is 32.5. The van der Waals surface area contributed by atoms with Gasteiger partial charge in [-0.2, -0.15) is 0 Å². The van der Waals surface area contributed by atoms with Crippen molar-refractivity contribution < 1.29 is 86.2 Å². The zero-order valence-electron chi connectivity index (χ0n) is 36.9. The largest absolute Gasteiger partial charge is 1.00 e. The normalized spacial score (nSPS) is 14.9. The maximum absolute atomic E-state index is 5.89. The van der Waals surface area contributed by atoms with Crippen LogP contribution in [0.25, 0.3) is 0 Å². The first-order valence-electron chi connectivity index (χ1n) is 15.1. The molecular formula is C24H62Li2O10S2Si2. The van der Waals surface area contributed by atoms with Gasteiger partial charge in [-0.3, -0.25) is 0 Å². The smallest absolute Gasteiger partial charge is 0.708 e. The van der Waals surface area contributed by atoms with E-state index in [2.05, 4.69) is 21.9 Å². The molecule has 0 unspecified atom stereocenters. The van der Waals surface area contributed by atoms with Crippen molar-refractivity contribution in [2.24, 2.45) is 0 Å². The molecule has 0 saturated heterocycles. The zero-order chi connectivity index (χ0) is 39.1. The fourth-order valence-electron chi connectivity index (χ4n) is 2.38. The van der Waals surface area contributed by atoms with Crippen molar-refractivity contribution >= 4 is 40.1 Å². The van der Waals surface area contributed by atoms with Crippen LogP contribution >= 0.6 is 0 Å². The summed E-state index contributed by atoms with van der Waals surface area (Å²) in [5.74, 6) is 0. The molecule has 10 nitrogen and oxygen atoms in total. The van der Waals surface area contributed by atoms with E-state index >= 15 is 0 Å². The third-order valence-electron chi connectivity index (χ3n) is 2.59. The monoisotopic (exact) mass is 652 g/mol. The molecule has 40 heavy (non-hydrogen) atoms. The quantitative estimate of drug-likeness (QED) is 0.224. The van der Waals surface area contributed by atoms with Crippen LogP contribution in [-0.4, -0.2) is 82.9 Å². The summed E-state index contributed by atoms with van der Waals surface area (Å²) in [4.78, 5) is 0. The Morgan fingerprint density at radius 1 is 0.375 bits per heavy atom. The predicted molar refractivity (Wildman–Crippen MR) is 166 cm³/mol. The van der Waals surface area contributed by atoms with Crippen molar-refractivity contribution in [1.82, 2.24) is 0 Å². The van der Waals surface area contributed by atoms with E-state index in [1.807, 2.05) is 125 Å². The summed E-state index contributed by atoms with van der Waals surface area (Å²) in [5.41, 5.74) is 8.78. The third-order valence-corrected chi connectivity index (χ3v) is 9.26. The molecule has 8 N–H and O–H groups in total. The first-order valence-corrected chi connectivity index (χ1v) is 17.6. The molecule has 0 heterocycles. The van der Waals surface area contributed by atoms with Gasteiger partial charge in [-0.05, 0) is 125 Å². The second kappa shape index (κ2) is 20.9. The minimum absolute atomic E-state index is 0. The van der Waals surface area contributed by atoms with Gasteiger partial charge in [0, 0.05) is 0 Å². The second-order valence-corrected chi connectivity index (χ2v) is 20.5. The summed E-state index contributed by atoms with van der Waals surface area (Å²) in [6, 6.07) is 0. The van der Waals surface area contributed by atoms with Gasteiger partial charge in [-0.15, -0.1) is 0 Å². The fraction of sp³-hybridized carbons (Fsp3) is 1.00. The standard InChI is InChI=1S/2C12H27O3SSi.2Li.4H2O/c2*1-10(2,3)13-17(16,14-11(4,5)6)15-12(7,8)9;;;;;;/h2*1-9H3;;;4*1H2/q2*-1;2*+1;;;;/i/hD8. The third kappa shape index (κ3) is 42.1. The molecule has 0 radical (unpaired) electrons. The van der Waals surface area contributed by atoms with Gasteiger partial charge in [-0.1, -0.05) is 0 Å². The summed E-state index contributed by atoms with van der Waals surface area (Å²) in [6.07, 6.45) is 0. The van der Waals surface area contributed by atoms with Crippen LogP contribution in [0.2, 0.25) is 0 Å². The molecule has 0 rings (SSSR count). The van der Waals surface area contributed by atoms with Crippen LogP contribution < -0.4 is 37.7 Å². The molecule has 0 aromatic rings. The van der Waals surface area contributed by atoms with Gasteiger partial charge in [0.15, 0.2) is 0 Å². The van der Waals surface area contributed by atoms with E-state index in [0.29, 0.717) is 0 Å². The summed E-state index contributed by atoms with van der Waals surface area (Å²) in [5, 5.41) is 0. The molecule has 240 valence electrons. The van der Waals surface area contributed by atoms with Gasteiger partial charge in [0.25, 0.3) is 0 Å². The van der Waals surface area contributed by atoms with E-state index < -0.39 is 15.9 Å². The van der Waals surface area contributed by atoms with Crippen molar-refractivity contribution in [3.05, 3.63) is 0 Å². The van der Waals surface area contributed by atoms with Crippen molar-refractivity contribution in [2.45, 2.75) is 158 Å². The van der Waals surface area contributed by atoms with Crippen LogP contribution in [0, 0.1) is 0 Å². The predicted octanol–water partition coefficient (Wildman–Crippen LogP) is -2.46. The molecule has 0 aliphatic carbocycles. The van der Waals surface area contributed by atoms with Crippen LogP contribution in [0.5, 0.6) is 0 Å². The molecule has 0 bridgehead atoms. The minimum atomic E-state index is -3.07. The van der Waals surface area contributed by atoms with Gasteiger partial charge in [0.2, 0.25) is 11.4 Å². The summed E-state index contributed by atoms with van der Waals surface area (Å²) in [7, 11) is -6.14. The minimum Gasteiger partial charge on any atom is -0.708 e. The van der Waals surface area contributed by atoms with Gasteiger partial charge >= 0.3 is 53.6 Å². The van der Waals surface area contributed by atoms with Crippen LogP contribution in [0.1, 0.15) is 125 Å². The first kappa shape index (κ1) is 40.0. The number of rotatable bonds is 6. The van der Waals surface area contributed by atoms with E-state index in [9.17, 15) is 0 Å². The van der Waals surface area contributed by atoms with Crippen molar-refractivity contribution in [3.8, 4) is 0 Å².